The molecule has 0 amide bonds. The van der Waals surface area contributed by atoms with Gasteiger partial charge < -0.3 is 34.3 Å². The van der Waals surface area contributed by atoms with Crippen LogP contribution in [-0.2, 0) is 37.0 Å². The summed E-state index contributed by atoms with van der Waals surface area (Å²) in [5.41, 5.74) is 0. The Morgan fingerprint density at radius 1 is 0.773 bits per heavy atom. The minimum atomic E-state index is 0. The first-order valence-corrected chi connectivity index (χ1v) is 6.91. The maximum atomic E-state index is 5.59. The van der Waals surface area contributed by atoms with E-state index in [4.69, 9.17) is 9.47 Å². The third-order valence-electron chi connectivity index (χ3n) is 2.96. The van der Waals surface area contributed by atoms with Crippen molar-refractivity contribution in [1.82, 2.24) is 9.13 Å². The second-order valence-electron chi connectivity index (χ2n) is 4.97. The fourth-order valence-corrected chi connectivity index (χ4v) is 1.90. The van der Waals surface area contributed by atoms with Crippen LogP contribution in [0.4, 0.5) is 0 Å². The normalized spacial score (nSPS) is 10.1. The standard InChI is InChI=1S/C14H24N4O2.2ClH/c1-15-5-7-17(11-15)13-19-9-3-4-10-20-14-18-8-6-16(2)12-18;;/h5-8,11-12H,3-4,9-10,13-14H2,1-2H3;2*1H/q+2;;/p-2. The number of hydrogen-bond acceptors (Lipinski definition) is 2. The van der Waals surface area contributed by atoms with Crippen LogP contribution in [0, 0.1) is 0 Å². The van der Waals surface area contributed by atoms with Gasteiger partial charge >= 0.3 is 0 Å². The number of nitrogens with zero attached hydrogens (tertiary/aromatic N) is 4. The molecular weight excluding hydrogens is 327 g/mol. The van der Waals surface area contributed by atoms with Crippen molar-refractivity contribution < 1.29 is 43.4 Å². The lowest BCUT2D eigenvalue weighted by Gasteiger charge is -2.02. The van der Waals surface area contributed by atoms with E-state index < -0.39 is 0 Å². The van der Waals surface area contributed by atoms with E-state index in [2.05, 4.69) is 0 Å². The lowest BCUT2D eigenvalue weighted by atomic mass is 10.3. The third-order valence-corrected chi connectivity index (χ3v) is 2.96. The SMILES string of the molecule is C[n+]1ccn(COCCCCOCn2cc[n+](C)c2)c1.[Cl-].[Cl-]. The predicted octanol–water partition coefficient (Wildman–Crippen LogP) is -5.62. The van der Waals surface area contributed by atoms with Crippen LogP contribution in [0.15, 0.2) is 37.4 Å². The van der Waals surface area contributed by atoms with Crippen molar-refractivity contribution in [3.05, 3.63) is 37.4 Å². The van der Waals surface area contributed by atoms with Gasteiger partial charge in [-0.2, -0.15) is 0 Å². The molecule has 2 aromatic heterocycles. The summed E-state index contributed by atoms with van der Waals surface area (Å²) in [6.07, 6.45) is 14.0. The van der Waals surface area contributed by atoms with Gasteiger partial charge in [0.15, 0.2) is 13.5 Å². The van der Waals surface area contributed by atoms with Crippen LogP contribution in [0.1, 0.15) is 12.8 Å². The lowest BCUT2D eigenvalue weighted by Crippen LogP contribution is -3.00. The van der Waals surface area contributed by atoms with Gasteiger partial charge in [0.1, 0.15) is 24.8 Å². The van der Waals surface area contributed by atoms with Crippen molar-refractivity contribution in [3.63, 3.8) is 0 Å². The number of halogens is 2. The number of imidazole rings is 2. The van der Waals surface area contributed by atoms with Crippen molar-refractivity contribution in [2.75, 3.05) is 13.2 Å². The Bertz CT molecular complexity index is 470. The molecule has 0 bridgehead atoms. The predicted molar refractivity (Wildman–Crippen MR) is 72.4 cm³/mol. The summed E-state index contributed by atoms with van der Waals surface area (Å²) >= 11 is 0. The van der Waals surface area contributed by atoms with Crippen LogP contribution < -0.4 is 33.9 Å². The maximum absolute atomic E-state index is 5.59. The molecule has 0 unspecified atom stereocenters. The van der Waals surface area contributed by atoms with Gasteiger partial charge in [0.25, 0.3) is 0 Å². The van der Waals surface area contributed by atoms with Crippen LogP contribution in [0.3, 0.4) is 0 Å². The molecule has 6 nitrogen and oxygen atoms in total. The van der Waals surface area contributed by atoms with Crippen molar-refractivity contribution in [2.45, 2.75) is 26.3 Å². The topological polar surface area (TPSA) is 36.1 Å². The number of ether oxygens (including phenoxy) is 2. The van der Waals surface area contributed by atoms with Gasteiger partial charge in [-0.1, -0.05) is 0 Å². The maximum Gasteiger partial charge on any atom is 0.245 e. The van der Waals surface area contributed by atoms with E-state index in [-0.39, 0.29) is 24.8 Å². The quantitative estimate of drug-likeness (QED) is 0.334. The number of hydrogen-bond donors (Lipinski definition) is 0. The first-order valence-electron chi connectivity index (χ1n) is 6.91. The van der Waals surface area contributed by atoms with Crippen molar-refractivity contribution in [3.8, 4) is 0 Å². The third kappa shape index (κ3) is 7.79. The van der Waals surface area contributed by atoms with Crippen molar-refractivity contribution in [2.24, 2.45) is 14.1 Å². The number of aromatic nitrogens is 4. The molecule has 0 radical (unpaired) electrons. The molecule has 2 heterocycles. The second kappa shape index (κ2) is 11.5. The lowest BCUT2D eigenvalue weighted by molar-refractivity contribution is -0.671. The second-order valence-corrected chi connectivity index (χ2v) is 4.97. The van der Waals surface area contributed by atoms with Crippen molar-refractivity contribution in [1.29, 1.82) is 0 Å². The molecule has 2 aromatic rings. The molecule has 0 saturated heterocycles. The fourth-order valence-electron chi connectivity index (χ4n) is 1.90. The zero-order valence-electron chi connectivity index (χ0n) is 13.1. The van der Waals surface area contributed by atoms with Gasteiger partial charge in [0.2, 0.25) is 12.7 Å². The highest BCUT2D eigenvalue weighted by molar-refractivity contribution is 4.63. The Morgan fingerprint density at radius 3 is 1.50 bits per heavy atom. The minimum absolute atomic E-state index is 0. The Labute approximate surface area is 144 Å². The van der Waals surface area contributed by atoms with E-state index in [0.717, 1.165) is 26.1 Å². The van der Waals surface area contributed by atoms with E-state index in [0.29, 0.717) is 13.5 Å². The molecule has 0 aliphatic carbocycles. The monoisotopic (exact) mass is 350 g/mol. The van der Waals surface area contributed by atoms with Gasteiger partial charge in [-0.3, -0.25) is 0 Å². The fraction of sp³-hybridized carbons (Fsp3) is 0.571. The number of aryl methyl sites for hydroxylation is 2. The Kier molecular flexibility index (Phi) is 10.9. The van der Waals surface area contributed by atoms with Gasteiger partial charge in [-0.25, -0.2) is 18.3 Å². The molecule has 0 spiro atoms. The zero-order valence-corrected chi connectivity index (χ0v) is 14.6. The molecule has 22 heavy (non-hydrogen) atoms. The summed E-state index contributed by atoms with van der Waals surface area (Å²) in [5, 5.41) is 0. The summed E-state index contributed by atoms with van der Waals surface area (Å²) in [5.74, 6) is 0. The van der Waals surface area contributed by atoms with E-state index in [1.807, 2.05) is 69.8 Å². The van der Waals surface area contributed by atoms with Crippen LogP contribution >= 0.6 is 0 Å². The molecule has 0 N–H and O–H groups in total. The Morgan fingerprint density at radius 2 is 1.18 bits per heavy atom. The zero-order chi connectivity index (χ0) is 14.2. The first-order chi connectivity index (χ1) is 9.74. The summed E-state index contributed by atoms with van der Waals surface area (Å²) in [6.45, 7) is 2.76. The summed E-state index contributed by atoms with van der Waals surface area (Å²) in [6, 6.07) is 0. The van der Waals surface area contributed by atoms with E-state index in [1.54, 1.807) is 0 Å². The summed E-state index contributed by atoms with van der Waals surface area (Å²) in [4.78, 5) is 0. The van der Waals surface area contributed by atoms with Crippen LogP contribution in [-0.4, -0.2) is 22.3 Å². The molecule has 2 rings (SSSR count). The average Bonchev–Trinajstić information content (AvgIpc) is 3.02. The highest BCUT2D eigenvalue weighted by atomic mass is 35.5. The van der Waals surface area contributed by atoms with Gasteiger partial charge in [-0.15, -0.1) is 0 Å². The van der Waals surface area contributed by atoms with E-state index in [9.17, 15) is 0 Å². The summed E-state index contributed by atoms with van der Waals surface area (Å²) in [7, 11) is 4.00. The largest absolute Gasteiger partial charge is 1.00 e. The van der Waals surface area contributed by atoms with Gasteiger partial charge in [-0.05, 0) is 12.8 Å². The number of rotatable bonds is 9. The molecule has 0 atom stereocenters. The van der Waals surface area contributed by atoms with E-state index >= 15 is 0 Å². The van der Waals surface area contributed by atoms with Gasteiger partial charge in [0, 0.05) is 0 Å². The smallest absolute Gasteiger partial charge is 0.245 e. The molecule has 8 heteroatoms. The Hall–Kier alpha value is -1.08. The van der Waals surface area contributed by atoms with Crippen LogP contribution in [0.5, 0.6) is 0 Å². The molecular formula is C14H24Cl2N4O2. The van der Waals surface area contributed by atoms with Gasteiger partial charge in [0.05, 0.1) is 27.3 Å². The molecule has 0 aliphatic heterocycles. The molecule has 0 fully saturated rings. The molecule has 126 valence electrons. The van der Waals surface area contributed by atoms with Crippen molar-refractivity contribution >= 4 is 0 Å². The highest BCUT2D eigenvalue weighted by Gasteiger charge is 2.00. The van der Waals surface area contributed by atoms with E-state index in [1.165, 1.54) is 0 Å². The van der Waals surface area contributed by atoms with Crippen LogP contribution in [0.2, 0.25) is 0 Å². The number of unbranched alkanes of at least 4 members (excludes halogenated alkanes) is 1. The molecule has 0 aromatic carbocycles. The Balaban J connectivity index is 0.00000220. The summed E-state index contributed by atoms with van der Waals surface area (Å²) < 4.78 is 19.2. The average molecular weight is 351 g/mol. The molecule has 0 aliphatic rings. The molecule has 0 saturated carbocycles. The minimum Gasteiger partial charge on any atom is -1.00 e. The van der Waals surface area contributed by atoms with Crippen LogP contribution in [0.25, 0.3) is 0 Å². The first kappa shape index (κ1) is 20.9. The highest BCUT2D eigenvalue weighted by Crippen LogP contribution is 1.95.